The fourth-order valence-corrected chi connectivity index (χ4v) is 3.81. The zero-order valence-corrected chi connectivity index (χ0v) is 20.3. The normalized spacial score (nSPS) is 17.1. The van der Waals surface area contributed by atoms with E-state index in [0.717, 1.165) is 25.2 Å². The highest BCUT2D eigenvalue weighted by molar-refractivity contribution is 5.39. The number of unbranched alkanes of at least 4 members (excludes halogenated alkanes) is 2. The first kappa shape index (κ1) is 26.1. The quantitative estimate of drug-likeness (QED) is 0.306. The van der Waals surface area contributed by atoms with Gasteiger partial charge in [-0.1, -0.05) is 52.2 Å². The highest BCUT2D eigenvalue weighted by Gasteiger charge is 2.20. The summed E-state index contributed by atoms with van der Waals surface area (Å²) < 4.78 is 28.2. The van der Waals surface area contributed by atoms with Crippen LogP contribution in [0.15, 0.2) is 18.2 Å². The topological polar surface area (TPSA) is 46.2 Å². The molecule has 0 amide bonds. The zero-order valence-electron chi connectivity index (χ0n) is 20.3. The van der Waals surface area contributed by atoms with E-state index in [4.69, 9.17) is 23.7 Å². The smallest absolute Gasteiger partial charge is 0.157 e. The van der Waals surface area contributed by atoms with Gasteiger partial charge in [-0.25, -0.2) is 0 Å². The summed E-state index contributed by atoms with van der Waals surface area (Å²) in [5, 5.41) is 0. The van der Waals surface area contributed by atoms with Crippen molar-refractivity contribution < 1.29 is 23.7 Å². The van der Waals surface area contributed by atoms with Crippen LogP contribution < -0.4 is 4.74 Å². The minimum absolute atomic E-state index is 0.0459. The number of hydrogen-bond acceptors (Lipinski definition) is 5. The van der Waals surface area contributed by atoms with E-state index in [1.807, 2.05) is 0 Å². The summed E-state index contributed by atoms with van der Waals surface area (Å²) in [6.45, 7) is 13.2. The van der Waals surface area contributed by atoms with Crippen LogP contribution in [0.2, 0.25) is 0 Å². The Morgan fingerprint density at radius 2 is 1.71 bits per heavy atom. The molecule has 0 aromatic heterocycles. The van der Waals surface area contributed by atoms with Crippen molar-refractivity contribution in [1.29, 1.82) is 0 Å². The van der Waals surface area contributed by atoms with Crippen molar-refractivity contribution in [3.63, 3.8) is 0 Å². The van der Waals surface area contributed by atoms with E-state index in [2.05, 4.69) is 45.9 Å². The largest absolute Gasteiger partial charge is 0.491 e. The maximum atomic E-state index is 5.92. The SMILES string of the molecule is CCCCCC(C)(C)c1ccc(OCCOCCOCCOC2CCCCO2)c(C)c1. The molecular formula is C26H44O5. The second kappa shape index (κ2) is 14.8. The van der Waals surface area contributed by atoms with Gasteiger partial charge >= 0.3 is 0 Å². The molecule has 0 radical (unpaired) electrons. The molecule has 0 bridgehead atoms. The molecule has 31 heavy (non-hydrogen) atoms. The van der Waals surface area contributed by atoms with Gasteiger partial charge in [0, 0.05) is 6.61 Å². The van der Waals surface area contributed by atoms with Crippen molar-refractivity contribution in [2.24, 2.45) is 0 Å². The summed E-state index contributed by atoms with van der Waals surface area (Å²) in [5.41, 5.74) is 2.78. The fraction of sp³-hybridized carbons (Fsp3) is 0.769. The predicted octanol–water partition coefficient (Wildman–Crippen LogP) is 5.81. The molecule has 1 unspecified atom stereocenters. The standard InChI is InChI=1S/C26H44O5/c1-5-6-8-13-26(3,4)23-11-12-24(22(2)21-23)29-19-17-27-15-16-28-18-20-31-25-10-7-9-14-30-25/h11-12,21,25H,5-10,13-20H2,1-4H3. The van der Waals surface area contributed by atoms with Crippen molar-refractivity contribution in [1.82, 2.24) is 0 Å². The van der Waals surface area contributed by atoms with Crippen molar-refractivity contribution in [2.75, 3.05) is 46.2 Å². The zero-order chi connectivity index (χ0) is 22.4. The molecule has 1 aliphatic rings. The van der Waals surface area contributed by atoms with E-state index in [0.29, 0.717) is 39.6 Å². The van der Waals surface area contributed by atoms with Gasteiger partial charge in [0.05, 0.1) is 33.0 Å². The molecular weight excluding hydrogens is 392 g/mol. The number of aryl methyl sites for hydroxylation is 1. The van der Waals surface area contributed by atoms with Gasteiger partial charge in [0.1, 0.15) is 12.4 Å². The molecule has 1 aromatic rings. The Kier molecular flexibility index (Phi) is 12.5. The van der Waals surface area contributed by atoms with Crippen LogP contribution in [0.4, 0.5) is 0 Å². The third-order valence-corrected chi connectivity index (χ3v) is 5.89. The average molecular weight is 437 g/mol. The Balaban J connectivity index is 1.53. The second-order valence-corrected chi connectivity index (χ2v) is 9.06. The molecule has 178 valence electrons. The molecule has 2 rings (SSSR count). The Morgan fingerprint density at radius 3 is 2.39 bits per heavy atom. The van der Waals surface area contributed by atoms with Crippen molar-refractivity contribution >= 4 is 0 Å². The molecule has 1 atom stereocenters. The Morgan fingerprint density at radius 1 is 0.968 bits per heavy atom. The number of rotatable bonds is 16. The molecule has 0 N–H and O–H groups in total. The van der Waals surface area contributed by atoms with E-state index in [9.17, 15) is 0 Å². The number of hydrogen-bond donors (Lipinski definition) is 0. The maximum Gasteiger partial charge on any atom is 0.157 e. The molecule has 0 aliphatic carbocycles. The van der Waals surface area contributed by atoms with Crippen LogP contribution in [0, 0.1) is 6.92 Å². The predicted molar refractivity (Wildman–Crippen MR) is 125 cm³/mol. The molecule has 1 aliphatic heterocycles. The Labute approximate surface area is 189 Å². The lowest BCUT2D eigenvalue weighted by molar-refractivity contribution is -0.169. The van der Waals surface area contributed by atoms with E-state index < -0.39 is 0 Å². The minimum atomic E-state index is -0.0459. The van der Waals surface area contributed by atoms with Gasteiger partial charge in [-0.2, -0.15) is 0 Å². The monoisotopic (exact) mass is 436 g/mol. The summed E-state index contributed by atoms with van der Waals surface area (Å²) >= 11 is 0. The molecule has 1 heterocycles. The van der Waals surface area contributed by atoms with Gasteiger partial charge in [0.2, 0.25) is 0 Å². The van der Waals surface area contributed by atoms with Crippen LogP contribution in [-0.2, 0) is 24.4 Å². The number of benzene rings is 1. The molecule has 5 nitrogen and oxygen atoms in total. The molecule has 0 saturated carbocycles. The summed E-state index contributed by atoms with van der Waals surface area (Å²) in [4.78, 5) is 0. The van der Waals surface area contributed by atoms with Crippen LogP contribution in [0.25, 0.3) is 0 Å². The fourth-order valence-electron chi connectivity index (χ4n) is 3.81. The van der Waals surface area contributed by atoms with Gasteiger partial charge in [-0.15, -0.1) is 0 Å². The lowest BCUT2D eigenvalue weighted by Gasteiger charge is -2.26. The third kappa shape index (κ3) is 10.3. The lowest BCUT2D eigenvalue weighted by Crippen LogP contribution is -2.24. The lowest BCUT2D eigenvalue weighted by atomic mass is 9.79. The van der Waals surface area contributed by atoms with Crippen LogP contribution in [-0.4, -0.2) is 52.5 Å². The van der Waals surface area contributed by atoms with Gasteiger partial charge in [-0.05, 0) is 55.2 Å². The van der Waals surface area contributed by atoms with Gasteiger partial charge in [-0.3, -0.25) is 0 Å². The molecule has 1 aromatic carbocycles. The van der Waals surface area contributed by atoms with Crippen molar-refractivity contribution in [3.8, 4) is 5.75 Å². The van der Waals surface area contributed by atoms with Gasteiger partial charge < -0.3 is 23.7 Å². The summed E-state index contributed by atoms with van der Waals surface area (Å²) in [6, 6.07) is 6.59. The summed E-state index contributed by atoms with van der Waals surface area (Å²) in [6.07, 6.45) is 8.33. The maximum absolute atomic E-state index is 5.92. The van der Waals surface area contributed by atoms with Crippen LogP contribution in [0.3, 0.4) is 0 Å². The van der Waals surface area contributed by atoms with Crippen LogP contribution in [0.1, 0.15) is 76.8 Å². The van der Waals surface area contributed by atoms with Crippen molar-refractivity contribution in [3.05, 3.63) is 29.3 Å². The summed E-state index contributed by atoms with van der Waals surface area (Å²) in [7, 11) is 0. The van der Waals surface area contributed by atoms with Gasteiger partial charge in [0.25, 0.3) is 0 Å². The Hall–Kier alpha value is -1.14. The molecule has 1 fully saturated rings. The summed E-state index contributed by atoms with van der Waals surface area (Å²) in [5.74, 6) is 0.940. The third-order valence-electron chi connectivity index (χ3n) is 5.89. The first-order valence-electron chi connectivity index (χ1n) is 12.2. The van der Waals surface area contributed by atoms with Crippen molar-refractivity contribution in [2.45, 2.75) is 84.3 Å². The first-order valence-corrected chi connectivity index (χ1v) is 12.2. The molecule has 1 saturated heterocycles. The number of ether oxygens (including phenoxy) is 5. The second-order valence-electron chi connectivity index (χ2n) is 9.06. The van der Waals surface area contributed by atoms with E-state index in [1.54, 1.807) is 0 Å². The Bertz CT molecular complexity index is 595. The van der Waals surface area contributed by atoms with Gasteiger partial charge in [0.15, 0.2) is 6.29 Å². The van der Waals surface area contributed by atoms with E-state index >= 15 is 0 Å². The highest BCUT2D eigenvalue weighted by Crippen LogP contribution is 2.32. The molecule has 5 heteroatoms. The van der Waals surface area contributed by atoms with Crippen LogP contribution >= 0.6 is 0 Å². The highest BCUT2D eigenvalue weighted by atomic mass is 16.7. The van der Waals surface area contributed by atoms with E-state index in [-0.39, 0.29) is 11.7 Å². The van der Waals surface area contributed by atoms with Crippen LogP contribution in [0.5, 0.6) is 5.75 Å². The minimum Gasteiger partial charge on any atom is -0.491 e. The van der Waals surface area contributed by atoms with E-state index in [1.165, 1.54) is 43.2 Å². The average Bonchev–Trinajstić information content (AvgIpc) is 2.76. The first-order chi connectivity index (χ1) is 15.0. The molecule has 0 spiro atoms.